The van der Waals surface area contributed by atoms with E-state index in [-0.39, 0.29) is 5.41 Å². The Hall–Kier alpha value is -3.32. The summed E-state index contributed by atoms with van der Waals surface area (Å²) in [5, 5.41) is 2.72. The average molecular weight is 402 g/mol. The normalized spacial score (nSPS) is 15.1. The molecule has 0 saturated heterocycles. The minimum Gasteiger partial charge on any atom is -0.361 e. The third-order valence-electron chi connectivity index (χ3n) is 7.41. The van der Waals surface area contributed by atoms with Gasteiger partial charge in [0.25, 0.3) is 0 Å². The number of H-pyrrole nitrogens is 1. The van der Waals surface area contributed by atoms with Crippen molar-refractivity contribution in [3.05, 3.63) is 120 Å². The Bertz CT molecular complexity index is 1240. The Balaban J connectivity index is 1.81. The summed E-state index contributed by atoms with van der Waals surface area (Å²) in [5.74, 6) is 0.569. The lowest BCUT2D eigenvalue weighted by Gasteiger charge is -2.42. The van der Waals surface area contributed by atoms with Gasteiger partial charge in [-0.2, -0.15) is 0 Å². The van der Waals surface area contributed by atoms with Crippen LogP contribution in [-0.2, 0) is 5.41 Å². The summed E-state index contributed by atoms with van der Waals surface area (Å²) in [7, 11) is 0. The molecule has 2 aliphatic carbocycles. The molecule has 1 heterocycles. The van der Waals surface area contributed by atoms with E-state index in [1.807, 2.05) is 0 Å². The highest BCUT2D eigenvalue weighted by Gasteiger charge is 2.47. The zero-order chi connectivity index (χ0) is 20.7. The van der Waals surface area contributed by atoms with E-state index in [9.17, 15) is 0 Å². The molecule has 0 atom stereocenters. The van der Waals surface area contributed by atoms with Crippen LogP contribution in [0.2, 0.25) is 0 Å². The fourth-order valence-electron chi connectivity index (χ4n) is 6.24. The standard InChI is InChI=1S/C30H27N/c1-3-12-22(13-4-1)30(24-16-7-8-17-24,23-14-5-2-6-15-23)28-26-19-10-9-18-25(26)27-20-11-21-31-29(27)28/h1-6,9-15,18-21,24,31H,7-8,16-17H2. The minimum absolute atomic E-state index is 0.182. The maximum Gasteiger partial charge on any atom is 0.0511 e. The minimum atomic E-state index is -0.182. The second-order valence-corrected chi connectivity index (χ2v) is 8.90. The number of hydrogen-bond acceptors (Lipinski definition) is 0. The predicted molar refractivity (Wildman–Crippen MR) is 130 cm³/mol. The lowest BCUT2D eigenvalue weighted by atomic mass is 9.60. The number of nitrogens with one attached hydrogen (secondary N) is 1. The van der Waals surface area contributed by atoms with Gasteiger partial charge < -0.3 is 4.98 Å². The number of benzene rings is 3. The van der Waals surface area contributed by atoms with Gasteiger partial charge in [-0.15, -0.1) is 0 Å². The van der Waals surface area contributed by atoms with Crippen molar-refractivity contribution in [1.29, 1.82) is 0 Å². The quantitative estimate of drug-likeness (QED) is 0.316. The van der Waals surface area contributed by atoms with Crippen LogP contribution >= 0.6 is 0 Å². The topological polar surface area (TPSA) is 15.8 Å². The molecule has 1 N–H and O–H groups in total. The molecule has 1 saturated carbocycles. The molecule has 0 spiro atoms. The number of aromatic nitrogens is 1. The first-order chi connectivity index (χ1) is 15.4. The monoisotopic (exact) mass is 401 g/mol. The molecule has 0 aromatic heterocycles. The molecular weight excluding hydrogens is 374 g/mol. The maximum absolute atomic E-state index is 3.68. The van der Waals surface area contributed by atoms with Gasteiger partial charge in [0.1, 0.15) is 0 Å². The molecule has 152 valence electrons. The smallest absolute Gasteiger partial charge is 0.0511 e. The molecule has 3 aromatic rings. The molecule has 1 nitrogen and oxygen atoms in total. The third-order valence-corrected chi connectivity index (χ3v) is 7.41. The highest BCUT2D eigenvalue weighted by molar-refractivity contribution is 6.06. The Morgan fingerprint density at radius 1 is 0.613 bits per heavy atom. The second-order valence-electron chi connectivity index (χ2n) is 8.90. The fraction of sp³-hybridized carbons (Fsp3) is 0.200. The van der Waals surface area contributed by atoms with Crippen LogP contribution in [0.15, 0.2) is 103 Å². The fourth-order valence-corrected chi connectivity index (χ4v) is 6.24. The lowest BCUT2D eigenvalue weighted by Crippen LogP contribution is -2.37. The number of pyridine rings is 1. The van der Waals surface area contributed by atoms with Gasteiger partial charge in [-0.25, -0.2) is 0 Å². The third kappa shape index (κ3) is 2.69. The molecule has 6 rings (SSSR count). The molecule has 3 aliphatic rings. The van der Waals surface area contributed by atoms with E-state index in [1.165, 1.54) is 64.4 Å². The highest BCUT2D eigenvalue weighted by Crippen LogP contribution is 2.56. The van der Waals surface area contributed by atoms with Gasteiger partial charge in [0, 0.05) is 11.8 Å². The van der Waals surface area contributed by atoms with Crippen LogP contribution in [-0.4, -0.2) is 4.98 Å². The van der Waals surface area contributed by atoms with Crippen LogP contribution in [0.5, 0.6) is 0 Å². The number of rotatable bonds is 4. The first-order valence-corrected chi connectivity index (χ1v) is 11.5. The van der Waals surface area contributed by atoms with Crippen molar-refractivity contribution >= 4 is 10.8 Å². The van der Waals surface area contributed by atoms with Crippen molar-refractivity contribution in [2.24, 2.45) is 5.92 Å². The molecule has 1 fully saturated rings. The van der Waals surface area contributed by atoms with Crippen molar-refractivity contribution in [3.63, 3.8) is 0 Å². The zero-order valence-corrected chi connectivity index (χ0v) is 17.7. The summed E-state index contributed by atoms with van der Waals surface area (Å²) in [6, 6.07) is 35.9. The maximum atomic E-state index is 3.68. The Morgan fingerprint density at radius 2 is 1.19 bits per heavy atom. The van der Waals surface area contributed by atoms with Crippen molar-refractivity contribution in [2.75, 3.05) is 0 Å². The number of fused-ring (bicyclic) bond motifs is 3. The van der Waals surface area contributed by atoms with Gasteiger partial charge in [-0.1, -0.05) is 104 Å². The summed E-state index contributed by atoms with van der Waals surface area (Å²) in [6.07, 6.45) is 7.23. The van der Waals surface area contributed by atoms with Gasteiger partial charge in [-0.3, -0.25) is 0 Å². The summed E-state index contributed by atoms with van der Waals surface area (Å²) in [5.41, 5.74) is 6.68. The van der Waals surface area contributed by atoms with Crippen molar-refractivity contribution < 1.29 is 0 Å². The van der Waals surface area contributed by atoms with Crippen LogP contribution < -0.4 is 0 Å². The van der Waals surface area contributed by atoms with Crippen molar-refractivity contribution in [2.45, 2.75) is 31.1 Å². The summed E-state index contributed by atoms with van der Waals surface area (Å²) in [6.45, 7) is 0. The molecule has 1 heteroatoms. The summed E-state index contributed by atoms with van der Waals surface area (Å²) >= 11 is 0. The average Bonchev–Trinajstić information content (AvgIpc) is 3.49. The Morgan fingerprint density at radius 3 is 1.84 bits per heavy atom. The molecule has 0 bridgehead atoms. The van der Waals surface area contributed by atoms with Gasteiger partial charge in [-0.05, 0) is 52.3 Å². The molecular formula is C30H27N. The van der Waals surface area contributed by atoms with E-state index in [2.05, 4.69) is 108 Å². The highest BCUT2D eigenvalue weighted by atomic mass is 14.7. The van der Waals surface area contributed by atoms with E-state index in [0.29, 0.717) is 5.92 Å². The molecule has 3 aromatic carbocycles. The first kappa shape index (κ1) is 18.4. The largest absolute Gasteiger partial charge is 0.361 e. The summed E-state index contributed by atoms with van der Waals surface area (Å²) < 4.78 is 0. The van der Waals surface area contributed by atoms with Gasteiger partial charge in [0.2, 0.25) is 0 Å². The second kappa shape index (κ2) is 7.42. The molecule has 0 unspecified atom stereocenters. The van der Waals surface area contributed by atoms with Gasteiger partial charge >= 0.3 is 0 Å². The van der Waals surface area contributed by atoms with Crippen LogP contribution in [0, 0.1) is 5.92 Å². The lowest BCUT2D eigenvalue weighted by molar-refractivity contribution is 0.384. The number of hydrogen-bond donors (Lipinski definition) is 1. The molecule has 1 aliphatic heterocycles. The number of aromatic amines is 1. The molecule has 0 amide bonds. The van der Waals surface area contributed by atoms with Gasteiger partial charge in [0.05, 0.1) is 11.1 Å². The predicted octanol–water partition coefficient (Wildman–Crippen LogP) is 7.80. The summed E-state index contributed by atoms with van der Waals surface area (Å²) in [4.78, 5) is 3.68. The Kier molecular flexibility index (Phi) is 4.42. The van der Waals surface area contributed by atoms with Crippen LogP contribution in [0.1, 0.15) is 42.4 Å². The van der Waals surface area contributed by atoms with Crippen molar-refractivity contribution in [3.8, 4) is 11.3 Å². The SMILES string of the molecule is c1ccc(C(c2ccccc2)(c2c3[nH]cccc-3c3ccccc23)C2CCCC2)cc1. The van der Waals surface area contributed by atoms with Crippen molar-refractivity contribution in [1.82, 2.24) is 4.98 Å². The van der Waals surface area contributed by atoms with Gasteiger partial charge in [0.15, 0.2) is 0 Å². The van der Waals surface area contributed by atoms with E-state index in [0.717, 1.165) is 0 Å². The van der Waals surface area contributed by atoms with E-state index >= 15 is 0 Å². The van der Waals surface area contributed by atoms with E-state index in [4.69, 9.17) is 0 Å². The van der Waals surface area contributed by atoms with E-state index < -0.39 is 0 Å². The van der Waals surface area contributed by atoms with E-state index in [1.54, 1.807) is 0 Å². The zero-order valence-electron chi connectivity index (χ0n) is 17.7. The molecule has 31 heavy (non-hydrogen) atoms. The van der Waals surface area contributed by atoms with Crippen LogP contribution in [0.25, 0.3) is 22.0 Å². The molecule has 0 radical (unpaired) electrons. The van der Waals surface area contributed by atoms with Crippen LogP contribution in [0.4, 0.5) is 0 Å². The first-order valence-electron chi connectivity index (χ1n) is 11.5. The van der Waals surface area contributed by atoms with Crippen LogP contribution in [0.3, 0.4) is 0 Å². The Labute approximate surface area is 184 Å².